The van der Waals surface area contributed by atoms with E-state index in [1.807, 2.05) is 19.1 Å². The minimum atomic E-state index is -3.40. The molecule has 1 heterocycles. The Morgan fingerprint density at radius 1 is 1.19 bits per heavy atom. The third kappa shape index (κ3) is 3.40. The molecule has 0 atom stereocenters. The molecule has 0 radical (unpaired) electrons. The molecular weight excluding hydrogens is 284 g/mol. The number of sulfonamides is 1. The Kier molecular flexibility index (Phi) is 4.94. The van der Waals surface area contributed by atoms with Crippen molar-refractivity contribution in [1.29, 1.82) is 0 Å². The minimum absolute atomic E-state index is 0.285. The van der Waals surface area contributed by atoms with Gasteiger partial charge in [-0.15, -0.1) is 0 Å². The van der Waals surface area contributed by atoms with Crippen LogP contribution in [0.1, 0.15) is 40.0 Å². The molecule has 1 aromatic carbocycles. The van der Waals surface area contributed by atoms with Crippen LogP contribution in [0, 0.1) is 5.41 Å². The number of benzene rings is 1. The second-order valence-corrected chi connectivity index (χ2v) is 8.00. The van der Waals surface area contributed by atoms with Gasteiger partial charge < -0.3 is 5.32 Å². The van der Waals surface area contributed by atoms with E-state index in [1.165, 1.54) is 0 Å². The van der Waals surface area contributed by atoms with Crippen molar-refractivity contribution in [2.45, 2.75) is 44.9 Å². The first-order valence-corrected chi connectivity index (χ1v) is 9.20. The average molecular weight is 310 g/mol. The Morgan fingerprint density at radius 2 is 1.81 bits per heavy atom. The van der Waals surface area contributed by atoms with Crippen molar-refractivity contribution < 1.29 is 8.42 Å². The van der Waals surface area contributed by atoms with Gasteiger partial charge in [0.25, 0.3) is 0 Å². The maximum Gasteiger partial charge on any atom is 0.245 e. The Balaban J connectivity index is 2.24. The largest absolute Gasteiger partial charge is 0.384 e. The zero-order valence-corrected chi connectivity index (χ0v) is 14.0. The van der Waals surface area contributed by atoms with Gasteiger partial charge in [0.05, 0.1) is 5.69 Å². The summed E-state index contributed by atoms with van der Waals surface area (Å²) < 4.78 is 27.4. The van der Waals surface area contributed by atoms with Gasteiger partial charge in [0.2, 0.25) is 10.0 Å². The maximum absolute atomic E-state index is 12.9. The van der Waals surface area contributed by atoms with Crippen LogP contribution < -0.4 is 5.32 Å². The Morgan fingerprint density at radius 3 is 2.38 bits per heavy atom. The Bertz CT molecular complexity index is 576. The first-order chi connectivity index (χ1) is 9.93. The molecule has 21 heavy (non-hydrogen) atoms. The van der Waals surface area contributed by atoms with E-state index in [9.17, 15) is 8.42 Å². The second kappa shape index (κ2) is 6.36. The molecule has 118 valence electrons. The van der Waals surface area contributed by atoms with Gasteiger partial charge in [-0.25, -0.2) is 8.42 Å². The van der Waals surface area contributed by atoms with E-state index < -0.39 is 10.0 Å². The van der Waals surface area contributed by atoms with Crippen LogP contribution in [0.15, 0.2) is 29.2 Å². The lowest BCUT2D eigenvalue weighted by atomic mass is 9.79. The van der Waals surface area contributed by atoms with Crippen LogP contribution in [0.2, 0.25) is 0 Å². The monoisotopic (exact) mass is 310 g/mol. The van der Waals surface area contributed by atoms with Crippen molar-refractivity contribution in [3.05, 3.63) is 24.3 Å². The van der Waals surface area contributed by atoms with Gasteiger partial charge >= 0.3 is 0 Å². The SMILES string of the molecule is CCNc1ccccc1S(=O)(=O)N1CCC(C)(CC)CC1. The van der Waals surface area contributed by atoms with Crippen LogP contribution in [-0.4, -0.2) is 32.4 Å². The molecule has 0 saturated carbocycles. The van der Waals surface area contributed by atoms with Gasteiger partial charge in [-0.05, 0) is 37.3 Å². The van der Waals surface area contributed by atoms with E-state index >= 15 is 0 Å². The molecule has 1 aliphatic heterocycles. The zero-order valence-electron chi connectivity index (χ0n) is 13.2. The van der Waals surface area contributed by atoms with Gasteiger partial charge in [-0.1, -0.05) is 32.4 Å². The molecule has 0 aliphatic carbocycles. The Hall–Kier alpha value is -1.07. The predicted octanol–water partition coefficient (Wildman–Crippen LogP) is 3.32. The summed E-state index contributed by atoms with van der Waals surface area (Å²) >= 11 is 0. The van der Waals surface area contributed by atoms with Gasteiger partial charge in [0, 0.05) is 19.6 Å². The van der Waals surface area contributed by atoms with E-state index in [0.717, 1.165) is 19.3 Å². The van der Waals surface area contributed by atoms with Crippen LogP contribution in [0.4, 0.5) is 5.69 Å². The van der Waals surface area contributed by atoms with Gasteiger partial charge in [-0.3, -0.25) is 0 Å². The molecule has 5 heteroatoms. The highest BCUT2D eigenvalue weighted by atomic mass is 32.2. The summed E-state index contributed by atoms with van der Waals surface area (Å²) in [4.78, 5) is 0.395. The van der Waals surface area contributed by atoms with E-state index in [-0.39, 0.29) is 5.41 Å². The quantitative estimate of drug-likeness (QED) is 0.907. The number of anilines is 1. The molecule has 2 rings (SSSR count). The van der Waals surface area contributed by atoms with E-state index in [4.69, 9.17) is 0 Å². The zero-order chi connectivity index (χ0) is 15.5. The number of hydrogen-bond acceptors (Lipinski definition) is 3. The molecular formula is C16H26N2O2S. The molecule has 1 aromatic rings. The number of rotatable bonds is 5. The summed E-state index contributed by atoms with van der Waals surface area (Å²) in [6, 6.07) is 7.17. The van der Waals surface area contributed by atoms with Crippen LogP contribution in [0.25, 0.3) is 0 Å². The fraction of sp³-hybridized carbons (Fsp3) is 0.625. The van der Waals surface area contributed by atoms with Crippen LogP contribution >= 0.6 is 0 Å². The lowest BCUT2D eigenvalue weighted by molar-refractivity contribution is 0.169. The van der Waals surface area contributed by atoms with Crippen LogP contribution in [-0.2, 0) is 10.0 Å². The average Bonchev–Trinajstić information content (AvgIpc) is 2.48. The number of para-hydroxylation sites is 1. The summed E-state index contributed by atoms with van der Waals surface area (Å²) in [6.07, 6.45) is 2.98. The molecule has 0 unspecified atom stereocenters. The second-order valence-electron chi connectivity index (χ2n) is 6.09. The highest BCUT2D eigenvalue weighted by molar-refractivity contribution is 7.89. The van der Waals surface area contributed by atoms with E-state index in [1.54, 1.807) is 16.4 Å². The normalized spacial score (nSPS) is 19.4. The molecule has 1 aliphatic rings. The van der Waals surface area contributed by atoms with Crippen molar-refractivity contribution in [2.24, 2.45) is 5.41 Å². The van der Waals surface area contributed by atoms with Crippen molar-refractivity contribution in [3.63, 3.8) is 0 Å². The third-order valence-corrected chi connectivity index (χ3v) is 6.61. The lowest BCUT2D eigenvalue weighted by Gasteiger charge is -2.38. The summed E-state index contributed by atoms with van der Waals surface area (Å²) in [5.41, 5.74) is 0.983. The van der Waals surface area contributed by atoms with Gasteiger partial charge in [-0.2, -0.15) is 4.31 Å². The molecule has 1 N–H and O–H groups in total. The third-order valence-electron chi connectivity index (χ3n) is 4.66. The Labute approximate surface area is 128 Å². The predicted molar refractivity (Wildman–Crippen MR) is 87.0 cm³/mol. The fourth-order valence-electron chi connectivity index (χ4n) is 2.79. The molecule has 0 spiro atoms. The smallest absolute Gasteiger partial charge is 0.245 e. The minimum Gasteiger partial charge on any atom is -0.384 e. The topological polar surface area (TPSA) is 49.4 Å². The molecule has 1 fully saturated rings. The van der Waals surface area contributed by atoms with Gasteiger partial charge in [0.15, 0.2) is 0 Å². The number of piperidine rings is 1. The van der Waals surface area contributed by atoms with Crippen molar-refractivity contribution in [1.82, 2.24) is 4.31 Å². The number of hydrogen-bond donors (Lipinski definition) is 1. The van der Waals surface area contributed by atoms with Crippen molar-refractivity contribution in [2.75, 3.05) is 25.0 Å². The molecule has 1 saturated heterocycles. The summed E-state index contributed by atoms with van der Waals surface area (Å²) in [5, 5.41) is 3.14. The van der Waals surface area contributed by atoms with Crippen molar-refractivity contribution >= 4 is 15.7 Å². The summed E-state index contributed by atoms with van der Waals surface area (Å²) in [6.45, 7) is 8.35. The molecule has 0 bridgehead atoms. The highest BCUT2D eigenvalue weighted by Crippen LogP contribution is 2.36. The first-order valence-electron chi connectivity index (χ1n) is 7.76. The molecule has 4 nitrogen and oxygen atoms in total. The van der Waals surface area contributed by atoms with Crippen LogP contribution in [0.3, 0.4) is 0 Å². The summed E-state index contributed by atoms with van der Waals surface area (Å²) in [7, 11) is -3.40. The fourth-order valence-corrected chi connectivity index (χ4v) is 4.40. The molecule has 0 amide bonds. The first kappa shape index (κ1) is 16.3. The van der Waals surface area contributed by atoms with Crippen LogP contribution in [0.5, 0.6) is 0 Å². The maximum atomic E-state index is 12.9. The lowest BCUT2D eigenvalue weighted by Crippen LogP contribution is -2.42. The van der Waals surface area contributed by atoms with E-state index in [0.29, 0.717) is 30.2 Å². The number of nitrogens with one attached hydrogen (secondary N) is 1. The van der Waals surface area contributed by atoms with E-state index in [2.05, 4.69) is 19.2 Å². The van der Waals surface area contributed by atoms with Crippen molar-refractivity contribution in [3.8, 4) is 0 Å². The standard InChI is InChI=1S/C16H26N2O2S/c1-4-16(3)10-12-18(13-11-16)21(19,20)15-9-7-6-8-14(15)17-5-2/h6-9,17H,4-5,10-13H2,1-3H3. The molecule has 0 aromatic heterocycles. The number of nitrogens with zero attached hydrogens (tertiary/aromatic N) is 1. The highest BCUT2D eigenvalue weighted by Gasteiger charge is 2.35. The van der Waals surface area contributed by atoms with Gasteiger partial charge in [0.1, 0.15) is 4.90 Å². The summed E-state index contributed by atoms with van der Waals surface area (Å²) in [5.74, 6) is 0.